The quantitative estimate of drug-likeness (QED) is 0.706. The Hall–Kier alpha value is -1.56. The second-order valence-corrected chi connectivity index (χ2v) is 3.91. The lowest BCUT2D eigenvalue weighted by Gasteiger charge is -2.34. The minimum atomic E-state index is -0.261. The zero-order valence-corrected chi connectivity index (χ0v) is 9.44. The Morgan fingerprint density at radius 3 is 2.69 bits per heavy atom. The first kappa shape index (κ1) is 10.9. The van der Waals surface area contributed by atoms with Crippen molar-refractivity contribution in [1.29, 1.82) is 0 Å². The number of aromatic amines is 1. The SMILES string of the molecule is CCN1CCN(c2ncc(N)c(=O)[nH]2)CC1. The summed E-state index contributed by atoms with van der Waals surface area (Å²) in [7, 11) is 0. The average Bonchev–Trinajstić information content (AvgIpc) is 2.33. The van der Waals surface area contributed by atoms with Crippen molar-refractivity contribution >= 4 is 11.6 Å². The van der Waals surface area contributed by atoms with E-state index in [0.29, 0.717) is 5.95 Å². The molecule has 6 nitrogen and oxygen atoms in total. The van der Waals surface area contributed by atoms with E-state index in [1.807, 2.05) is 0 Å². The second kappa shape index (κ2) is 4.52. The molecule has 2 rings (SSSR count). The van der Waals surface area contributed by atoms with Gasteiger partial charge in [0.2, 0.25) is 5.95 Å². The monoisotopic (exact) mass is 223 g/mol. The average molecular weight is 223 g/mol. The van der Waals surface area contributed by atoms with Crippen molar-refractivity contribution in [1.82, 2.24) is 14.9 Å². The fourth-order valence-electron chi connectivity index (χ4n) is 1.83. The highest BCUT2D eigenvalue weighted by Crippen LogP contribution is 2.08. The van der Waals surface area contributed by atoms with Gasteiger partial charge in [-0.3, -0.25) is 9.78 Å². The number of hydrogen-bond acceptors (Lipinski definition) is 5. The number of likely N-dealkylation sites (N-methyl/N-ethyl adjacent to an activating group) is 1. The van der Waals surface area contributed by atoms with Crippen LogP contribution in [0.15, 0.2) is 11.0 Å². The van der Waals surface area contributed by atoms with Gasteiger partial charge in [-0.15, -0.1) is 0 Å². The third-order valence-electron chi connectivity index (χ3n) is 2.93. The molecule has 6 heteroatoms. The van der Waals surface area contributed by atoms with E-state index in [4.69, 9.17) is 5.73 Å². The molecule has 1 aliphatic rings. The highest BCUT2D eigenvalue weighted by atomic mass is 16.1. The van der Waals surface area contributed by atoms with E-state index in [9.17, 15) is 4.79 Å². The normalized spacial score (nSPS) is 17.7. The third kappa shape index (κ3) is 2.16. The number of rotatable bonds is 2. The molecule has 0 aromatic carbocycles. The zero-order valence-electron chi connectivity index (χ0n) is 9.44. The number of aromatic nitrogens is 2. The smallest absolute Gasteiger partial charge is 0.275 e. The van der Waals surface area contributed by atoms with Crippen LogP contribution in [0.25, 0.3) is 0 Å². The molecule has 0 aliphatic carbocycles. The number of hydrogen-bond donors (Lipinski definition) is 2. The van der Waals surface area contributed by atoms with Crippen LogP contribution < -0.4 is 16.2 Å². The van der Waals surface area contributed by atoms with Crippen LogP contribution in [0.5, 0.6) is 0 Å². The lowest BCUT2D eigenvalue weighted by molar-refractivity contribution is 0.270. The van der Waals surface area contributed by atoms with Crippen LogP contribution in [0.2, 0.25) is 0 Å². The van der Waals surface area contributed by atoms with Crippen molar-refractivity contribution in [2.75, 3.05) is 43.4 Å². The minimum absolute atomic E-state index is 0.163. The number of nitrogens with one attached hydrogen (secondary N) is 1. The molecule has 1 saturated heterocycles. The summed E-state index contributed by atoms with van der Waals surface area (Å²) in [6, 6.07) is 0. The molecule has 1 aromatic heterocycles. The number of nitrogens with zero attached hydrogens (tertiary/aromatic N) is 3. The maximum absolute atomic E-state index is 11.3. The molecule has 1 aromatic rings. The predicted octanol–water partition coefficient (Wildman–Crippen LogP) is -0.506. The van der Waals surface area contributed by atoms with Gasteiger partial charge < -0.3 is 15.5 Å². The topological polar surface area (TPSA) is 78.2 Å². The minimum Gasteiger partial charge on any atom is -0.393 e. The summed E-state index contributed by atoms with van der Waals surface area (Å²) in [4.78, 5) is 22.6. The van der Waals surface area contributed by atoms with Crippen LogP contribution in [-0.4, -0.2) is 47.6 Å². The summed E-state index contributed by atoms with van der Waals surface area (Å²) < 4.78 is 0. The Bertz CT molecular complexity index is 408. The Balaban J connectivity index is 2.08. The Kier molecular flexibility index (Phi) is 3.09. The summed E-state index contributed by atoms with van der Waals surface area (Å²) >= 11 is 0. The molecule has 0 atom stereocenters. The van der Waals surface area contributed by atoms with Crippen LogP contribution >= 0.6 is 0 Å². The molecule has 0 radical (unpaired) electrons. The maximum Gasteiger partial charge on any atom is 0.275 e. The Morgan fingerprint density at radius 2 is 2.12 bits per heavy atom. The number of nitrogen functional groups attached to an aromatic ring is 1. The van der Waals surface area contributed by atoms with Crippen molar-refractivity contribution in [2.24, 2.45) is 0 Å². The molecule has 1 aliphatic heterocycles. The van der Waals surface area contributed by atoms with Crippen molar-refractivity contribution in [3.05, 3.63) is 16.6 Å². The predicted molar refractivity (Wildman–Crippen MR) is 63.6 cm³/mol. The van der Waals surface area contributed by atoms with Gasteiger partial charge in [0.05, 0.1) is 6.20 Å². The van der Waals surface area contributed by atoms with Gasteiger partial charge in [-0.05, 0) is 6.54 Å². The van der Waals surface area contributed by atoms with Gasteiger partial charge in [0.25, 0.3) is 5.56 Å². The molecule has 0 amide bonds. The van der Waals surface area contributed by atoms with E-state index in [-0.39, 0.29) is 11.2 Å². The second-order valence-electron chi connectivity index (χ2n) is 3.91. The largest absolute Gasteiger partial charge is 0.393 e. The fraction of sp³-hybridized carbons (Fsp3) is 0.600. The summed E-state index contributed by atoms with van der Waals surface area (Å²) in [6.45, 7) is 7.01. The van der Waals surface area contributed by atoms with E-state index < -0.39 is 0 Å². The molecule has 0 unspecified atom stereocenters. The summed E-state index contributed by atoms with van der Waals surface area (Å²) in [5.41, 5.74) is 5.33. The van der Waals surface area contributed by atoms with Crippen LogP contribution in [0, 0.1) is 0 Å². The van der Waals surface area contributed by atoms with E-state index in [1.54, 1.807) is 0 Å². The lowest BCUT2D eigenvalue weighted by Crippen LogP contribution is -2.47. The van der Waals surface area contributed by atoms with Crippen molar-refractivity contribution < 1.29 is 0 Å². The molecule has 16 heavy (non-hydrogen) atoms. The van der Waals surface area contributed by atoms with Crippen molar-refractivity contribution in [3.63, 3.8) is 0 Å². The zero-order chi connectivity index (χ0) is 11.5. The first-order chi connectivity index (χ1) is 7.70. The molecule has 3 N–H and O–H groups in total. The van der Waals surface area contributed by atoms with E-state index >= 15 is 0 Å². The highest BCUT2D eigenvalue weighted by Gasteiger charge is 2.17. The van der Waals surface area contributed by atoms with Gasteiger partial charge in [-0.2, -0.15) is 0 Å². The molecule has 0 bridgehead atoms. The van der Waals surface area contributed by atoms with Crippen LogP contribution in [0.4, 0.5) is 11.6 Å². The summed E-state index contributed by atoms with van der Waals surface area (Å²) in [6.07, 6.45) is 1.42. The van der Waals surface area contributed by atoms with E-state index in [2.05, 4.69) is 26.7 Å². The lowest BCUT2D eigenvalue weighted by atomic mass is 10.3. The van der Waals surface area contributed by atoms with Gasteiger partial charge in [-0.1, -0.05) is 6.92 Å². The first-order valence-corrected chi connectivity index (χ1v) is 5.53. The molecule has 0 spiro atoms. The van der Waals surface area contributed by atoms with E-state index in [0.717, 1.165) is 32.7 Å². The number of anilines is 2. The van der Waals surface area contributed by atoms with Gasteiger partial charge in [0.15, 0.2) is 0 Å². The molecule has 0 saturated carbocycles. The highest BCUT2D eigenvalue weighted by molar-refractivity contribution is 5.38. The number of nitrogens with two attached hydrogens (primary N) is 1. The third-order valence-corrected chi connectivity index (χ3v) is 2.93. The fourth-order valence-corrected chi connectivity index (χ4v) is 1.83. The molecule has 2 heterocycles. The Morgan fingerprint density at radius 1 is 1.44 bits per heavy atom. The van der Waals surface area contributed by atoms with E-state index in [1.165, 1.54) is 6.20 Å². The molecule has 88 valence electrons. The first-order valence-electron chi connectivity index (χ1n) is 5.53. The standard InChI is InChI=1S/C10H17N5O/c1-2-14-3-5-15(6-4-14)10-12-7-8(11)9(16)13-10/h7H,2-6,11H2,1H3,(H,12,13,16). The van der Waals surface area contributed by atoms with Gasteiger partial charge in [0, 0.05) is 26.2 Å². The van der Waals surface area contributed by atoms with Crippen LogP contribution in [-0.2, 0) is 0 Å². The van der Waals surface area contributed by atoms with Crippen LogP contribution in [0.3, 0.4) is 0 Å². The molecular formula is C10H17N5O. The van der Waals surface area contributed by atoms with Crippen molar-refractivity contribution in [2.45, 2.75) is 6.92 Å². The summed E-state index contributed by atoms with van der Waals surface area (Å²) in [5.74, 6) is 0.620. The maximum atomic E-state index is 11.3. The van der Waals surface area contributed by atoms with Crippen LogP contribution in [0.1, 0.15) is 6.92 Å². The number of H-pyrrole nitrogens is 1. The van der Waals surface area contributed by atoms with Gasteiger partial charge >= 0.3 is 0 Å². The molecule has 1 fully saturated rings. The van der Waals surface area contributed by atoms with Gasteiger partial charge in [0.1, 0.15) is 5.69 Å². The Labute approximate surface area is 94.1 Å². The van der Waals surface area contributed by atoms with Crippen molar-refractivity contribution in [3.8, 4) is 0 Å². The van der Waals surface area contributed by atoms with Gasteiger partial charge in [-0.25, -0.2) is 4.98 Å². The molecular weight excluding hydrogens is 206 g/mol. The number of piperazine rings is 1. The summed E-state index contributed by atoms with van der Waals surface area (Å²) in [5, 5.41) is 0.